The highest BCUT2D eigenvalue weighted by Crippen LogP contribution is 2.29. The molecule has 1 aliphatic rings. The highest BCUT2D eigenvalue weighted by Gasteiger charge is 2.28. The van der Waals surface area contributed by atoms with Gasteiger partial charge in [0.15, 0.2) is 0 Å². The number of hydrogen-bond acceptors (Lipinski definition) is 3. The van der Waals surface area contributed by atoms with Crippen LogP contribution < -0.4 is 5.32 Å². The Morgan fingerprint density at radius 2 is 1.93 bits per heavy atom. The molecule has 14 heavy (non-hydrogen) atoms. The van der Waals surface area contributed by atoms with Gasteiger partial charge in [-0.3, -0.25) is 0 Å². The van der Waals surface area contributed by atoms with Crippen LogP contribution in [0.5, 0.6) is 0 Å². The normalized spacial score (nSPS) is 26.1. The van der Waals surface area contributed by atoms with Crippen LogP contribution in [0.25, 0.3) is 0 Å². The summed E-state index contributed by atoms with van der Waals surface area (Å²) in [7, 11) is 3.76. The minimum absolute atomic E-state index is 0.538. The second-order valence-corrected chi connectivity index (χ2v) is 4.09. The zero-order chi connectivity index (χ0) is 10.2. The molecule has 3 nitrogen and oxygen atoms in total. The predicted octanol–water partition coefficient (Wildman–Crippen LogP) is 1.43. The summed E-state index contributed by atoms with van der Waals surface area (Å²) in [5, 5.41) is 3.20. The molecule has 0 aliphatic heterocycles. The summed E-state index contributed by atoms with van der Waals surface area (Å²) in [4.78, 5) is 0. The molecule has 1 aliphatic carbocycles. The summed E-state index contributed by atoms with van der Waals surface area (Å²) < 4.78 is 10.7. The van der Waals surface area contributed by atoms with Crippen molar-refractivity contribution in [1.82, 2.24) is 5.32 Å². The number of rotatable bonds is 8. The third-order valence-corrected chi connectivity index (χ3v) is 2.78. The van der Waals surface area contributed by atoms with Gasteiger partial charge in [-0.15, -0.1) is 0 Å². The number of hydrogen-bond donors (Lipinski definition) is 1. The van der Waals surface area contributed by atoms with E-state index in [-0.39, 0.29) is 0 Å². The smallest absolute Gasteiger partial charge is 0.0581 e. The van der Waals surface area contributed by atoms with Crippen molar-refractivity contribution < 1.29 is 9.47 Å². The summed E-state index contributed by atoms with van der Waals surface area (Å²) in [5.74, 6) is 0.851. The van der Waals surface area contributed by atoms with Crippen LogP contribution in [-0.2, 0) is 9.47 Å². The van der Waals surface area contributed by atoms with Crippen molar-refractivity contribution in [3.05, 3.63) is 0 Å². The van der Waals surface area contributed by atoms with Gasteiger partial charge in [-0.25, -0.2) is 0 Å². The molecule has 0 unspecified atom stereocenters. The second-order valence-electron chi connectivity index (χ2n) is 4.09. The van der Waals surface area contributed by atoms with Crippen LogP contribution in [0, 0.1) is 5.92 Å². The lowest BCUT2D eigenvalue weighted by Gasteiger charge is -2.35. The molecule has 0 radical (unpaired) electrons. The van der Waals surface area contributed by atoms with Crippen molar-refractivity contribution >= 4 is 0 Å². The van der Waals surface area contributed by atoms with Crippen LogP contribution in [0.4, 0.5) is 0 Å². The van der Waals surface area contributed by atoms with Crippen LogP contribution in [0.2, 0.25) is 0 Å². The maximum atomic E-state index is 5.72. The van der Waals surface area contributed by atoms with E-state index in [0.717, 1.165) is 38.5 Å². The predicted molar refractivity (Wildman–Crippen MR) is 57.5 cm³/mol. The third-order valence-electron chi connectivity index (χ3n) is 2.78. The molecule has 0 bridgehead atoms. The molecular formula is C11H23NO2. The van der Waals surface area contributed by atoms with Gasteiger partial charge in [-0.2, -0.15) is 0 Å². The van der Waals surface area contributed by atoms with Gasteiger partial charge in [0.1, 0.15) is 0 Å². The van der Waals surface area contributed by atoms with Gasteiger partial charge in [0.2, 0.25) is 0 Å². The van der Waals surface area contributed by atoms with Gasteiger partial charge in [-0.1, -0.05) is 0 Å². The fourth-order valence-corrected chi connectivity index (χ4v) is 1.86. The second kappa shape index (κ2) is 7.21. The molecular weight excluding hydrogens is 178 g/mol. The summed E-state index contributed by atoms with van der Waals surface area (Å²) >= 11 is 0. The van der Waals surface area contributed by atoms with Gasteiger partial charge in [-0.05, 0) is 45.2 Å². The van der Waals surface area contributed by atoms with Crippen molar-refractivity contribution in [2.45, 2.75) is 31.8 Å². The molecule has 0 aromatic carbocycles. The highest BCUT2D eigenvalue weighted by atomic mass is 16.5. The lowest BCUT2D eigenvalue weighted by atomic mass is 9.82. The maximum Gasteiger partial charge on any atom is 0.0581 e. The Morgan fingerprint density at radius 3 is 2.57 bits per heavy atom. The average Bonchev–Trinajstić information content (AvgIpc) is 2.13. The minimum atomic E-state index is 0.538. The molecule has 0 spiro atoms. The van der Waals surface area contributed by atoms with Crippen molar-refractivity contribution in [3.8, 4) is 0 Å². The third kappa shape index (κ3) is 4.40. The fourth-order valence-electron chi connectivity index (χ4n) is 1.86. The molecule has 3 heteroatoms. The molecule has 0 atom stereocenters. The van der Waals surface area contributed by atoms with Crippen LogP contribution in [0.3, 0.4) is 0 Å². The highest BCUT2D eigenvalue weighted by molar-refractivity contribution is 4.81. The molecule has 0 aromatic rings. The molecule has 1 fully saturated rings. The molecule has 1 N–H and O–H groups in total. The lowest BCUT2D eigenvalue weighted by Crippen LogP contribution is -2.37. The number of ether oxygens (including phenoxy) is 2. The first-order chi connectivity index (χ1) is 6.86. The van der Waals surface area contributed by atoms with E-state index in [0.29, 0.717) is 6.10 Å². The van der Waals surface area contributed by atoms with Gasteiger partial charge < -0.3 is 14.8 Å². The summed E-state index contributed by atoms with van der Waals surface area (Å²) in [6.07, 6.45) is 5.26. The van der Waals surface area contributed by atoms with Crippen molar-refractivity contribution in [1.29, 1.82) is 0 Å². The minimum Gasteiger partial charge on any atom is -0.385 e. The lowest BCUT2D eigenvalue weighted by molar-refractivity contribution is -0.0317. The van der Waals surface area contributed by atoms with Gasteiger partial charge in [0, 0.05) is 20.3 Å². The van der Waals surface area contributed by atoms with Crippen molar-refractivity contribution in [2.24, 2.45) is 5.92 Å². The monoisotopic (exact) mass is 201 g/mol. The first kappa shape index (κ1) is 12.0. The summed E-state index contributed by atoms with van der Waals surface area (Å²) in [6, 6.07) is 0. The van der Waals surface area contributed by atoms with Gasteiger partial charge >= 0.3 is 0 Å². The van der Waals surface area contributed by atoms with E-state index < -0.39 is 0 Å². The molecule has 84 valence electrons. The van der Waals surface area contributed by atoms with Crippen LogP contribution in [0.1, 0.15) is 25.7 Å². The number of nitrogens with one attached hydrogen (secondary N) is 1. The zero-order valence-corrected chi connectivity index (χ0v) is 9.42. The van der Waals surface area contributed by atoms with E-state index in [1.165, 1.54) is 12.8 Å². The van der Waals surface area contributed by atoms with E-state index in [4.69, 9.17) is 9.47 Å². The SMILES string of the molecule is CNCC1CC(OCCCCOC)C1. The Morgan fingerprint density at radius 1 is 1.21 bits per heavy atom. The van der Waals surface area contributed by atoms with Crippen LogP contribution in [0.15, 0.2) is 0 Å². The Balaban J connectivity index is 1.81. The van der Waals surface area contributed by atoms with Crippen molar-refractivity contribution in [2.75, 3.05) is 33.9 Å². The Labute approximate surface area is 87.2 Å². The van der Waals surface area contributed by atoms with E-state index in [1.54, 1.807) is 7.11 Å². The Bertz CT molecular complexity index is 135. The topological polar surface area (TPSA) is 30.5 Å². The molecule has 0 amide bonds. The Hall–Kier alpha value is -0.120. The Kier molecular flexibility index (Phi) is 6.15. The van der Waals surface area contributed by atoms with E-state index in [9.17, 15) is 0 Å². The van der Waals surface area contributed by atoms with Crippen LogP contribution in [-0.4, -0.2) is 40.0 Å². The molecule has 1 rings (SSSR count). The molecule has 0 aromatic heterocycles. The number of unbranched alkanes of at least 4 members (excludes halogenated alkanes) is 1. The van der Waals surface area contributed by atoms with Gasteiger partial charge in [0.05, 0.1) is 6.10 Å². The molecule has 0 heterocycles. The number of methoxy groups -OCH3 is 1. The first-order valence-electron chi connectivity index (χ1n) is 5.62. The first-order valence-corrected chi connectivity index (χ1v) is 5.62. The van der Waals surface area contributed by atoms with E-state index in [2.05, 4.69) is 5.32 Å². The largest absolute Gasteiger partial charge is 0.385 e. The van der Waals surface area contributed by atoms with Gasteiger partial charge in [0.25, 0.3) is 0 Å². The molecule has 0 saturated heterocycles. The quantitative estimate of drug-likeness (QED) is 0.603. The fraction of sp³-hybridized carbons (Fsp3) is 1.00. The van der Waals surface area contributed by atoms with E-state index >= 15 is 0 Å². The summed E-state index contributed by atoms with van der Waals surface area (Å²) in [5.41, 5.74) is 0. The maximum absolute atomic E-state index is 5.72. The van der Waals surface area contributed by atoms with Crippen LogP contribution >= 0.6 is 0 Å². The standard InChI is InChI=1S/C11H23NO2/c1-12-9-10-7-11(8-10)14-6-4-3-5-13-2/h10-12H,3-9H2,1-2H3. The summed E-state index contributed by atoms with van der Waals surface area (Å²) in [6.45, 7) is 2.90. The van der Waals surface area contributed by atoms with Crippen molar-refractivity contribution in [3.63, 3.8) is 0 Å². The molecule has 1 saturated carbocycles. The zero-order valence-electron chi connectivity index (χ0n) is 9.42. The van der Waals surface area contributed by atoms with E-state index in [1.807, 2.05) is 7.05 Å². The average molecular weight is 201 g/mol.